The van der Waals surface area contributed by atoms with E-state index in [2.05, 4.69) is 15.7 Å². The highest BCUT2D eigenvalue weighted by Gasteiger charge is 2.15. The molecule has 6 heteroatoms. The molecule has 0 saturated heterocycles. The molecule has 0 aliphatic rings. The average molecular weight is 384 g/mol. The van der Waals surface area contributed by atoms with Crippen LogP contribution in [0.15, 0.2) is 79.1 Å². The van der Waals surface area contributed by atoms with Crippen molar-refractivity contribution in [1.82, 2.24) is 14.9 Å². The van der Waals surface area contributed by atoms with Crippen LogP contribution in [0.5, 0.6) is 0 Å². The first-order valence-electron chi connectivity index (χ1n) is 9.28. The topological polar surface area (TPSA) is 75.5 Å². The molecule has 4 aromatic rings. The second-order valence-corrected chi connectivity index (χ2v) is 6.74. The zero-order valence-electron chi connectivity index (χ0n) is 15.9. The van der Waals surface area contributed by atoms with Crippen LogP contribution < -0.4 is 10.6 Å². The Balaban J connectivity index is 1.50. The summed E-state index contributed by atoms with van der Waals surface area (Å²) in [5.41, 5.74) is 4.17. The fraction of sp³-hybridized carbons (Fsp3) is 0.0870. The minimum atomic E-state index is -0.267. The maximum atomic E-state index is 12.8. The first-order chi connectivity index (χ1) is 14.1. The number of aryl methyl sites for hydroxylation is 1. The Kier molecular flexibility index (Phi) is 5.07. The lowest BCUT2D eigenvalue weighted by molar-refractivity contribution is 0.0949. The summed E-state index contributed by atoms with van der Waals surface area (Å²) in [7, 11) is 0. The largest absolute Gasteiger partial charge is 0.348 e. The lowest BCUT2D eigenvalue weighted by atomic mass is 10.1. The Labute approximate surface area is 168 Å². The number of nitrogens with zero attached hydrogens (tertiary/aromatic N) is 2. The lowest BCUT2D eigenvalue weighted by Crippen LogP contribution is -2.23. The van der Waals surface area contributed by atoms with Gasteiger partial charge >= 0.3 is 0 Å². The van der Waals surface area contributed by atoms with Crippen molar-refractivity contribution in [2.45, 2.75) is 13.5 Å². The van der Waals surface area contributed by atoms with Crippen molar-refractivity contribution in [3.05, 3.63) is 101 Å². The van der Waals surface area contributed by atoms with Gasteiger partial charge in [-0.1, -0.05) is 42.5 Å². The van der Waals surface area contributed by atoms with Gasteiger partial charge in [0.1, 0.15) is 0 Å². The first-order valence-corrected chi connectivity index (χ1v) is 9.28. The van der Waals surface area contributed by atoms with Crippen LogP contribution in [-0.4, -0.2) is 21.4 Å². The molecular weight excluding hydrogens is 364 g/mol. The molecular formula is C23H20N4O2. The highest BCUT2D eigenvalue weighted by atomic mass is 16.2. The van der Waals surface area contributed by atoms with Gasteiger partial charge in [0.15, 0.2) is 0 Å². The highest BCUT2D eigenvalue weighted by molar-refractivity contribution is 6.09. The van der Waals surface area contributed by atoms with Crippen molar-refractivity contribution in [3.63, 3.8) is 0 Å². The summed E-state index contributed by atoms with van der Waals surface area (Å²) in [5, 5.41) is 10.00. The van der Waals surface area contributed by atoms with Gasteiger partial charge in [0.05, 0.1) is 17.3 Å². The maximum absolute atomic E-state index is 12.8. The highest BCUT2D eigenvalue weighted by Crippen LogP contribution is 2.19. The normalized spacial score (nSPS) is 10.7. The van der Waals surface area contributed by atoms with Gasteiger partial charge in [0.2, 0.25) is 0 Å². The van der Waals surface area contributed by atoms with Gasteiger partial charge in [-0.3, -0.25) is 9.59 Å². The number of nitrogens with one attached hydrogen (secondary N) is 2. The summed E-state index contributed by atoms with van der Waals surface area (Å²) in [4.78, 5) is 25.3. The fourth-order valence-corrected chi connectivity index (χ4v) is 3.08. The molecule has 6 nitrogen and oxygen atoms in total. The van der Waals surface area contributed by atoms with Crippen LogP contribution in [0.4, 0.5) is 5.69 Å². The van der Waals surface area contributed by atoms with Crippen LogP contribution in [0.1, 0.15) is 31.8 Å². The molecule has 0 fully saturated rings. The zero-order chi connectivity index (χ0) is 20.2. The molecule has 0 bridgehead atoms. The smallest absolute Gasteiger partial charge is 0.259 e. The van der Waals surface area contributed by atoms with E-state index < -0.39 is 0 Å². The molecule has 2 N–H and O–H groups in total. The van der Waals surface area contributed by atoms with Crippen molar-refractivity contribution >= 4 is 23.0 Å². The number of anilines is 1. The number of fused-ring (bicyclic) bond motifs is 1. The summed E-state index contributed by atoms with van der Waals surface area (Å²) < 4.78 is 1.65. The predicted octanol–water partition coefficient (Wildman–Crippen LogP) is 3.83. The van der Waals surface area contributed by atoms with Crippen LogP contribution in [0.2, 0.25) is 0 Å². The molecule has 2 heterocycles. The number of hydrogen-bond acceptors (Lipinski definition) is 3. The monoisotopic (exact) mass is 384 g/mol. The Morgan fingerprint density at radius 2 is 1.76 bits per heavy atom. The van der Waals surface area contributed by atoms with E-state index in [1.807, 2.05) is 61.5 Å². The molecule has 2 amide bonds. The SMILES string of the molecule is Cc1ccc(C(=O)NCc2ccccc2)cc1NC(=O)c1cnn2ccccc12. The van der Waals surface area contributed by atoms with Crippen molar-refractivity contribution in [2.24, 2.45) is 0 Å². The van der Waals surface area contributed by atoms with Gasteiger partial charge in [-0.05, 0) is 42.3 Å². The van der Waals surface area contributed by atoms with E-state index in [0.717, 1.165) is 16.6 Å². The van der Waals surface area contributed by atoms with E-state index in [1.54, 1.807) is 22.8 Å². The second kappa shape index (κ2) is 7.98. The minimum absolute atomic E-state index is 0.194. The first kappa shape index (κ1) is 18.4. The van der Waals surface area contributed by atoms with Crippen molar-refractivity contribution in [2.75, 3.05) is 5.32 Å². The molecule has 4 rings (SSSR count). The van der Waals surface area contributed by atoms with E-state index in [-0.39, 0.29) is 11.8 Å². The van der Waals surface area contributed by atoms with E-state index in [4.69, 9.17) is 0 Å². The summed E-state index contributed by atoms with van der Waals surface area (Å²) >= 11 is 0. The third kappa shape index (κ3) is 4.01. The Morgan fingerprint density at radius 3 is 2.59 bits per heavy atom. The number of hydrogen-bond donors (Lipinski definition) is 2. The van der Waals surface area contributed by atoms with Gasteiger partial charge < -0.3 is 10.6 Å². The predicted molar refractivity (Wildman–Crippen MR) is 112 cm³/mol. The van der Waals surface area contributed by atoms with E-state index in [0.29, 0.717) is 23.4 Å². The van der Waals surface area contributed by atoms with Crippen LogP contribution in [0.3, 0.4) is 0 Å². The molecule has 0 radical (unpaired) electrons. The quantitative estimate of drug-likeness (QED) is 0.549. The summed E-state index contributed by atoms with van der Waals surface area (Å²) in [6, 6.07) is 20.5. The van der Waals surface area contributed by atoms with Gasteiger partial charge in [0.25, 0.3) is 11.8 Å². The Bertz CT molecular complexity index is 1180. The molecule has 0 unspecified atom stereocenters. The third-order valence-corrected chi connectivity index (χ3v) is 4.71. The zero-order valence-corrected chi connectivity index (χ0v) is 15.9. The number of rotatable bonds is 5. The van der Waals surface area contributed by atoms with Crippen molar-refractivity contribution < 1.29 is 9.59 Å². The van der Waals surface area contributed by atoms with Crippen LogP contribution in [0, 0.1) is 6.92 Å². The minimum Gasteiger partial charge on any atom is -0.348 e. The number of carbonyl (C=O) groups is 2. The van der Waals surface area contributed by atoms with Crippen LogP contribution in [0.25, 0.3) is 5.52 Å². The molecule has 0 spiro atoms. The van der Waals surface area contributed by atoms with Gasteiger partial charge in [-0.25, -0.2) is 4.52 Å². The molecule has 0 aliphatic carbocycles. The molecule has 29 heavy (non-hydrogen) atoms. The summed E-state index contributed by atoms with van der Waals surface area (Å²) in [6.45, 7) is 2.33. The average Bonchev–Trinajstić information content (AvgIpc) is 3.18. The second-order valence-electron chi connectivity index (χ2n) is 6.74. The van der Waals surface area contributed by atoms with Crippen molar-refractivity contribution in [1.29, 1.82) is 0 Å². The van der Waals surface area contributed by atoms with Gasteiger partial charge in [-0.15, -0.1) is 0 Å². The molecule has 144 valence electrons. The summed E-state index contributed by atoms with van der Waals surface area (Å²) in [6.07, 6.45) is 3.32. The Hall–Kier alpha value is -3.93. The molecule has 2 aromatic heterocycles. The Morgan fingerprint density at radius 1 is 0.966 bits per heavy atom. The fourth-order valence-electron chi connectivity index (χ4n) is 3.08. The lowest BCUT2D eigenvalue weighted by Gasteiger charge is -2.11. The number of amides is 2. The number of aromatic nitrogens is 2. The maximum Gasteiger partial charge on any atom is 0.259 e. The molecule has 2 aromatic carbocycles. The molecule has 0 aliphatic heterocycles. The van der Waals surface area contributed by atoms with Crippen LogP contribution in [-0.2, 0) is 6.54 Å². The number of carbonyl (C=O) groups excluding carboxylic acids is 2. The van der Waals surface area contributed by atoms with Gasteiger partial charge in [-0.2, -0.15) is 5.10 Å². The molecule has 0 saturated carbocycles. The van der Waals surface area contributed by atoms with Crippen molar-refractivity contribution in [3.8, 4) is 0 Å². The molecule has 0 atom stereocenters. The number of benzene rings is 2. The van der Waals surface area contributed by atoms with Gasteiger partial charge in [0, 0.05) is 24.0 Å². The third-order valence-electron chi connectivity index (χ3n) is 4.71. The standard InChI is InChI=1S/C23H20N4O2/c1-16-10-11-18(22(28)24-14-17-7-3-2-4-8-17)13-20(16)26-23(29)19-15-25-27-12-6-5-9-21(19)27/h2-13,15H,14H2,1H3,(H,24,28)(H,26,29). The van der Waals surface area contributed by atoms with E-state index in [9.17, 15) is 9.59 Å². The number of pyridine rings is 1. The van der Waals surface area contributed by atoms with Crippen LogP contribution >= 0.6 is 0 Å². The van der Waals surface area contributed by atoms with E-state index in [1.165, 1.54) is 6.20 Å². The summed E-state index contributed by atoms with van der Waals surface area (Å²) in [5.74, 6) is -0.462. The van der Waals surface area contributed by atoms with E-state index >= 15 is 0 Å².